The summed E-state index contributed by atoms with van der Waals surface area (Å²) in [7, 11) is 0. The minimum absolute atomic E-state index is 0.904. The Hall–Kier alpha value is -7.62. The highest BCUT2D eigenvalue weighted by atomic mass is 16.3. The Morgan fingerprint density at radius 2 is 0.895 bits per heavy atom. The topological polar surface area (TPSA) is 21.3 Å². The highest BCUT2D eigenvalue weighted by molar-refractivity contribution is 6.16. The fourth-order valence-electron chi connectivity index (χ4n) is 8.55. The number of furan rings is 1. The van der Waals surface area contributed by atoms with Gasteiger partial charge < -0.3 is 13.9 Å². The number of anilines is 3. The number of hydrogen-bond acceptors (Lipinski definition) is 2. The number of hydrogen-bond donors (Lipinski definition) is 0. The minimum Gasteiger partial charge on any atom is -0.455 e. The zero-order chi connectivity index (χ0) is 37.7. The molecular weight excluding hydrogens is 693 g/mol. The summed E-state index contributed by atoms with van der Waals surface area (Å²) in [6.45, 7) is 0. The van der Waals surface area contributed by atoms with Gasteiger partial charge in [-0.25, -0.2) is 0 Å². The molecule has 57 heavy (non-hydrogen) atoms. The third kappa shape index (κ3) is 5.60. The SMILES string of the molecule is c1ccc(-c2ccc(N(c3ccc(-c4cccc5c4oc4ccccc45)cc3)c3ccc4c5c(-c6ccccc6)cccc5n(-c5ccccc5)c4c3)cc2)cc1. The van der Waals surface area contributed by atoms with Crippen molar-refractivity contribution in [1.82, 2.24) is 4.57 Å². The number of benzene rings is 9. The summed E-state index contributed by atoms with van der Waals surface area (Å²) in [5.41, 5.74) is 15.5. The van der Waals surface area contributed by atoms with E-state index in [9.17, 15) is 0 Å². The summed E-state index contributed by atoms with van der Waals surface area (Å²) in [4.78, 5) is 2.37. The number of nitrogens with zero attached hydrogens (tertiary/aromatic N) is 2. The van der Waals surface area contributed by atoms with E-state index >= 15 is 0 Å². The van der Waals surface area contributed by atoms with Crippen molar-refractivity contribution in [3.05, 3.63) is 218 Å². The van der Waals surface area contributed by atoms with E-state index in [0.717, 1.165) is 61.3 Å². The first-order valence-electron chi connectivity index (χ1n) is 19.4. The van der Waals surface area contributed by atoms with Crippen LogP contribution in [0.3, 0.4) is 0 Å². The fraction of sp³-hybridized carbons (Fsp3) is 0. The van der Waals surface area contributed by atoms with Crippen LogP contribution in [0.25, 0.3) is 82.8 Å². The molecule has 11 rings (SSSR count). The number of fused-ring (bicyclic) bond motifs is 6. The van der Waals surface area contributed by atoms with Crippen molar-refractivity contribution < 1.29 is 4.42 Å². The molecule has 0 fully saturated rings. The molecule has 268 valence electrons. The minimum atomic E-state index is 0.904. The van der Waals surface area contributed by atoms with Gasteiger partial charge in [-0.05, 0) is 88.5 Å². The van der Waals surface area contributed by atoms with Crippen LogP contribution in [-0.2, 0) is 0 Å². The highest BCUT2D eigenvalue weighted by Gasteiger charge is 2.20. The van der Waals surface area contributed by atoms with E-state index in [1.54, 1.807) is 0 Å². The number of rotatable bonds is 7. The van der Waals surface area contributed by atoms with E-state index in [-0.39, 0.29) is 0 Å². The molecule has 2 aromatic heterocycles. The van der Waals surface area contributed by atoms with Crippen LogP contribution in [0.5, 0.6) is 0 Å². The van der Waals surface area contributed by atoms with Gasteiger partial charge in [0, 0.05) is 49.9 Å². The van der Waals surface area contributed by atoms with E-state index in [1.165, 1.54) is 38.5 Å². The molecule has 0 saturated carbocycles. The van der Waals surface area contributed by atoms with Gasteiger partial charge in [0.2, 0.25) is 0 Å². The van der Waals surface area contributed by atoms with Gasteiger partial charge in [-0.15, -0.1) is 0 Å². The lowest BCUT2D eigenvalue weighted by molar-refractivity contribution is 0.670. The molecule has 0 aliphatic heterocycles. The zero-order valence-electron chi connectivity index (χ0n) is 31.1. The first-order valence-corrected chi connectivity index (χ1v) is 19.4. The maximum absolute atomic E-state index is 6.44. The largest absolute Gasteiger partial charge is 0.455 e. The standard InChI is InChI=1S/C54H36N2O/c1-4-14-37(15-5-1)38-26-30-42(31-27-38)55(43-32-28-40(29-33-43)46-22-12-23-48-47-20-10-11-25-52(47)57-54(46)48)44-34-35-49-51(36-44)56(41-18-8-3-9-19-41)50-24-13-21-45(53(49)50)39-16-6-2-7-17-39/h1-36H. The second-order valence-corrected chi connectivity index (χ2v) is 14.5. The average molecular weight is 729 g/mol. The highest BCUT2D eigenvalue weighted by Crippen LogP contribution is 2.44. The fourth-order valence-corrected chi connectivity index (χ4v) is 8.55. The summed E-state index contributed by atoms with van der Waals surface area (Å²) in [6, 6.07) is 78.1. The quantitative estimate of drug-likeness (QED) is 0.163. The molecule has 2 heterocycles. The first kappa shape index (κ1) is 32.8. The Morgan fingerprint density at radius 1 is 0.351 bits per heavy atom. The smallest absolute Gasteiger partial charge is 0.143 e. The van der Waals surface area contributed by atoms with E-state index in [0.29, 0.717) is 0 Å². The first-order chi connectivity index (χ1) is 28.3. The summed E-state index contributed by atoms with van der Waals surface area (Å²) < 4.78 is 8.85. The second kappa shape index (κ2) is 13.6. The molecule has 0 spiro atoms. The van der Waals surface area contributed by atoms with Gasteiger partial charge in [0.25, 0.3) is 0 Å². The third-order valence-corrected chi connectivity index (χ3v) is 11.2. The Balaban J connectivity index is 1.10. The van der Waals surface area contributed by atoms with Crippen molar-refractivity contribution in [3.63, 3.8) is 0 Å². The van der Waals surface area contributed by atoms with Crippen molar-refractivity contribution >= 4 is 60.8 Å². The molecule has 3 heteroatoms. The van der Waals surface area contributed by atoms with Crippen LogP contribution in [0.2, 0.25) is 0 Å². The van der Waals surface area contributed by atoms with Crippen molar-refractivity contribution in [2.45, 2.75) is 0 Å². The zero-order valence-corrected chi connectivity index (χ0v) is 31.1. The summed E-state index contributed by atoms with van der Waals surface area (Å²) in [5, 5.41) is 4.72. The van der Waals surface area contributed by atoms with Crippen LogP contribution in [0, 0.1) is 0 Å². The average Bonchev–Trinajstić information content (AvgIpc) is 3.84. The van der Waals surface area contributed by atoms with Crippen LogP contribution in [0.15, 0.2) is 223 Å². The lowest BCUT2D eigenvalue weighted by Gasteiger charge is -2.26. The van der Waals surface area contributed by atoms with E-state index in [1.807, 2.05) is 12.1 Å². The van der Waals surface area contributed by atoms with Crippen molar-refractivity contribution in [2.75, 3.05) is 4.90 Å². The maximum atomic E-state index is 6.44. The lowest BCUT2D eigenvalue weighted by Crippen LogP contribution is -2.10. The Labute approximate surface area is 330 Å². The Kier molecular flexibility index (Phi) is 7.82. The van der Waals surface area contributed by atoms with Gasteiger partial charge in [0.15, 0.2) is 0 Å². The van der Waals surface area contributed by atoms with Gasteiger partial charge in [0.05, 0.1) is 11.0 Å². The molecule has 0 unspecified atom stereocenters. The van der Waals surface area contributed by atoms with E-state index < -0.39 is 0 Å². The molecule has 0 aliphatic rings. The van der Waals surface area contributed by atoms with Crippen LogP contribution < -0.4 is 4.90 Å². The van der Waals surface area contributed by atoms with Gasteiger partial charge in [0.1, 0.15) is 11.2 Å². The molecule has 0 radical (unpaired) electrons. The Bertz CT molecular complexity index is 3200. The summed E-state index contributed by atoms with van der Waals surface area (Å²) in [6.07, 6.45) is 0. The van der Waals surface area contributed by atoms with Crippen molar-refractivity contribution in [3.8, 4) is 39.1 Å². The predicted molar refractivity (Wildman–Crippen MR) is 239 cm³/mol. The molecule has 0 N–H and O–H groups in total. The molecule has 3 nitrogen and oxygen atoms in total. The molecule has 0 amide bonds. The molecule has 11 aromatic rings. The molecule has 9 aromatic carbocycles. The van der Waals surface area contributed by atoms with Gasteiger partial charge in [-0.3, -0.25) is 0 Å². The summed E-state index contributed by atoms with van der Waals surface area (Å²) in [5.74, 6) is 0. The third-order valence-electron chi connectivity index (χ3n) is 11.2. The normalized spacial score (nSPS) is 11.5. The van der Waals surface area contributed by atoms with Gasteiger partial charge in [-0.1, -0.05) is 158 Å². The van der Waals surface area contributed by atoms with Crippen LogP contribution in [0.4, 0.5) is 17.1 Å². The molecule has 0 bridgehead atoms. The van der Waals surface area contributed by atoms with Crippen LogP contribution in [0.1, 0.15) is 0 Å². The van der Waals surface area contributed by atoms with Crippen LogP contribution >= 0.6 is 0 Å². The van der Waals surface area contributed by atoms with E-state index in [4.69, 9.17) is 4.42 Å². The molecular formula is C54H36N2O. The summed E-state index contributed by atoms with van der Waals surface area (Å²) >= 11 is 0. The maximum Gasteiger partial charge on any atom is 0.143 e. The molecule has 0 aliphatic carbocycles. The number of para-hydroxylation sites is 3. The second-order valence-electron chi connectivity index (χ2n) is 14.5. The number of aromatic nitrogens is 1. The monoisotopic (exact) mass is 728 g/mol. The van der Waals surface area contributed by atoms with Crippen molar-refractivity contribution in [1.29, 1.82) is 0 Å². The predicted octanol–water partition coefficient (Wildman–Crippen LogP) is 15.2. The Morgan fingerprint density at radius 3 is 1.63 bits per heavy atom. The molecule has 0 atom stereocenters. The van der Waals surface area contributed by atoms with Crippen LogP contribution in [-0.4, -0.2) is 4.57 Å². The van der Waals surface area contributed by atoms with E-state index in [2.05, 4.69) is 216 Å². The lowest BCUT2D eigenvalue weighted by atomic mass is 9.99. The molecule has 0 saturated heterocycles. The van der Waals surface area contributed by atoms with Gasteiger partial charge in [-0.2, -0.15) is 0 Å². The van der Waals surface area contributed by atoms with Crippen molar-refractivity contribution in [2.24, 2.45) is 0 Å². The van der Waals surface area contributed by atoms with Gasteiger partial charge >= 0.3 is 0 Å².